The minimum absolute atomic E-state index is 0. The van der Waals surface area contributed by atoms with Crippen molar-refractivity contribution in [3.63, 3.8) is 0 Å². The van der Waals surface area contributed by atoms with E-state index in [0.717, 1.165) is 77.4 Å². The van der Waals surface area contributed by atoms with Gasteiger partial charge in [0.05, 0.1) is 12.4 Å². The van der Waals surface area contributed by atoms with Crippen LogP contribution in [0.5, 0.6) is 11.5 Å². The average molecular weight is 609 g/mol. The number of sulfonamides is 1. The molecule has 2 amide bonds. The van der Waals surface area contributed by atoms with Crippen LogP contribution >= 0.6 is 12.4 Å². The van der Waals surface area contributed by atoms with E-state index in [-0.39, 0.29) is 36.6 Å². The molecule has 0 spiro atoms. The molecule has 1 saturated heterocycles. The van der Waals surface area contributed by atoms with Crippen molar-refractivity contribution in [2.75, 3.05) is 30.6 Å². The van der Waals surface area contributed by atoms with Crippen LogP contribution in [0.3, 0.4) is 0 Å². The molecule has 41 heavy (non-hydrogen) atoms. The summed E-state index contributed by atoms with van der Waals surface area (Å²) in [5.74, 6) is 1.34. The second kappa shape index (κ2) is 15.6. The predicted molar refractivity (Wildman–Crippen MR) is 165 cm³/mol. The highest BCUT2D eigenvalue weighted by atomic mass is 35.5. The zero-order valence-corrected chi connectivity index (χ0v) is 25.8. The molecule has 9 nitrogen and oxygen atoms in total. The molecule has 4 rings (SSSR count). The molecule has 1 saturated carbocycles. The maximum Gasteiger partial charge on any atom is 0.317 e. The minimum Gasteiger partial charge on any atom is -0.457 e. The zero-order chi connectivity index (χ0) is 28.5. The number of nitrogens with zero attached hydrogens (tertiary/aromatic N) is 2. The van der Waals surface area contributed by atoms with Crippen LogP contribution in [0.2, 0.25) is 0 Å². The first-order valence-electron chi connectivity index (χ1n) is 14.5. The number of urea groups is 1. The zero-order valence-electron chi connectivity index (χ0n) is 24.1. The first kappa shape index (κ1) is 33.0. The summed E-state index contributed by atoms with van der Waals surface area (Å²) in [4.78, 5) is 17.6. The lowest BCUT2D eigenvalue weighted by Crippen LogP contribution is -2.53. The van der Waals surface area contributed by atoms with Gasteiger partial charge in [-0.05, 0) is 86.9 Å². The average Bonchev–Trinajstić information content (AvgIpc) is 2.91. The van der Waals surface area contributed by atoms with Crippen LogP contribution < -0.4 is 14.8 Å². The number of likely N-dealkylation sites (tertiary alicyclic amines) is 1. The van der Waals surface area contributed by atoms with Crippen LogP contribution in [0.25, 0.3) is 0 Å². The lowest BCUT2D eigenvalue weighted by molar-refractivity contribution is 0.0720. The van der Waals surface area contributed by atoms with E-state index in [1.54, 1.807) is 24.3 Å². The van der Waals surface area contributed by atoms with Crippen molar-refractivity contribution in [3.05, 3.63) is 54.1 Å². The third-order valence-electron chi connectivity index (χ3n) is 7.71. The molecular formula is C30H45ClN4O5S. The Morgan fingerprint density at radius 1 is 1.02 bits per heavy atom. The Hall–Kier alpha value is -2.53. The number of benzene rings is 2. The third kappa shape index (κ3) is 10.7. The smallest absolute Gasteiger partial charge is 0.317 e. The van der Waals surface area contributed by atoms with Crippen molar-refractivity contribution in [1.82, 2.24) is 15.1 Å². The van der Waals surface area contributed by atoms with Gasteiger partial charge in [-0.25, -0.2) is 13.2 Å². The molecular weight excluding hydrogens is 564 g/mol. The molecule has 0 bridgehead atoms. The van der Waals surface area contributed by atoms with Crippen LogP contribution in [0, 0.1) is 0 Å². The molecule has 2 atom stereocenters. The molecule has 0 aromatic heterocycles. The monoisotopic (exact) mass is 608 g/mol. The minimum atomic E-state index is -3.31. The maximum atomic E-state index is 13.2. The van der Waals surface area contributed by atoms with E-state index in [2.05, 4.69) is 34.0 Å². The molecule has 1 heterocycles. The summed E-state index contributed by atoms with van der Waals surface area (Å²) >= 11 is 0. The number of aliphatic hydroxyl groups excluding tert-OH is 1. The fourth-order valence-corrected chi connectivity index (χ4v) is 6.12. The van der Waals surface area contributed by atoms with Crippen molar-refractivity contribution in [2.24, 2.45) is 0 Å². The van der Waals surface area contributed by atoms with E-state index in [4.69, 9.17) is 4.74 Å². The third-order valence-corrected chi connectivity index (χ3v) is 8.32. The Labute approximate surface area is 251 Å². The summed E-state index contributed by atoms with van der Waals surface area (Å²) < 4.78 is 31.1. The SMILES string of the molecule is CCCCN(C(=O)NC1CCN(Cc2ccc(Oc3ccc(NS(C)(=O)=O)cc3)cc2)CC1)C1CCCC(O)C1.Cl. The summed E-state index contributed by atoms with van der Waals surface area (Å²) in [6.07, 6.45) is 8.18. The van der Waals surface area contributed by atoms with Gasteiger partial charge in [0.15, 0.2) is 0 Å². The highest BCUT2D eigenvalue weighted by molar-refractivity contribution is 7.92. The van der Waals surface area contributed by atoms with E-state index in [1.165, 1.54) is 5.56 Å². The molecule has 2 aromatic carbocycles. The number of nitrogens with one attached hydrogen (secondary N) is 2. The number of unbranched alkanes of at least 4 members (excludes halogenated alkanes) is 1. The number of amides is 2. The van der Waals surface area contributed by atoms with Gasteiger partial charge in [0.2, 0.25) is 10.0 Å². The number of aliphatic hydroxyl groups is 1. The molecule has 2 aliphatic rings. The van der Waals surface area contributed by atoms with Crippen molar-refractivity contribution in [1.29, 1.82) is 0 Å². The maximum absolute atomic E-state index is 13.2. The van der Waals surface area contributed by atoms with Crippen LogP contribution in [-0.4, -0.2) is 73.4 Å². The molecule has 0 radical (unpaired) electrons. The quantitative estimate of drug-likeness (QED) is 0.317. The molecule has 1 aliphatic heterocycles. The van der Waals surface area contributed by atoms with Crippen LogP contribution in [0.4, 0.5) is 10.5 Å². The molecule has 3 N–H and O–H groups in total. The summed E-state index contributed by atoms with van der Waals surface area (Å²) in [5, 5.41) is 13.4. The molecule has 2 aromatic rings. The fourth-order valence-electron chi connectivity index (χ4n) is 5.56. The van der Waals surface area contributed by atoms with Gasteiger partial charge in [0.25, 0.3) is 0 Å². The first-order valence-corrected chi connectivity index (χ1v) is 16.4. The lowest BCUT2D eigenvalue weighted by Gasteiger charge is -2.38. The molecule has 228 valence electrons. The standard InChI is InChI=1S/C30H44N4O5S.ClH/c1-3-4-18-34(26-6-5-7-27(35)21-26)30(36)31-24-16-19-33(20-17-24)22-23-8-12-28(13-9-23)39-29-14-10-25(11-15-29)32-40(2,37)38;/h8-15,24,26-27,32,35H,3-7,16-22H2,1-2H3,(H,31,36);1H. The van der Waals surface area contributed by atoms with Gasteiger partial charge in [0.1, 0.15) is 11.5 Å². The molecule has 11 heteroatoms. The highest BCUT2D eigenvalue weighted by Gasteiger charge is 2.30. The van der Waals surface area contributed by atoms with Crippen molar-refractivity contribution in [3.8, 4) is 11.5 Å². The fraction of sp³-hybridized carbons (Fsp3) is 0.567. The van der Waals surface area contributed by atoms with Gasteiger partial charge in [-0.3, -0.25) is 9.62 Å². The van der Waals surface area contributed by atoms with E-state index in [9.17, 15) is 18.3 Å². The van der Waals surface area contributed by atoms with E-state index >= 15 is 0 Å². The molecule has 2 fully saturated rings. The van der Waals surface area contributed by atoms with Gasteiger partial charge in [0, 0.05) is 44.0 Å². The van der Waals surface area contributed by atoms with E-state index in [0.29, 0.717) is 23.6 Å². The first-order chi connectivity index (χ1) is 19.2. The highest BCUT2D eigenvalue weighted by Crippen LogP contribution is 2.26. The van der Waals surface area contributed by atoms with Crippen molar-refractivity contribution < 1.29 is 23.1 Å². The number of anilines is 1. The van der Waals surface area contributed by atoms with Crippen LogP contribution in [0.15, 0.2) is 48.5 Å². The summed E-state index contributed by atoms with van der Waals surface area (Å²) in [6.45, 7) is 5.59. The van der Waals surface area contributed by atoms with Gasteiger partial charge < -0.3 is 20.1 Å². The van der Waals surface area contributed by atoms with Crippen LogP contribution in [0.1, 0.15) is 63.9 Å². The number of ether oxygens (including phenoxy) is 1. The van der Waals surface area contributed by atoms with Crippen molar-refractivity contribution in [2.45, 2.75) is 83.0 Å². The summed E-state index contributed by atoms with van der Waals surface area (Å²) in [6, 6.07) is 15.1. The Morgan fingerprint density at radius 3 is 2.24 bits per heavy atom. The van der Waals surface area contributed by atoms with Crippen molar-refractivity contribution >= 4 is 34.1 Å². The number of carbonyl (C=O) groups excluding carboxylic acids is 1. The topological polar surface area (TPSA) is 111 Å². The number of rotatable bonds is 11. The largest absolute Gasteiger partial charge is 0.457 e. The van der Waals surface area contributed by atoms with Gasteiger partial charge in [-0.15, -0.1) is 12.4 Å². The Morgan fingerprint density at radius 2 is 1.66 bits per heavy atom. The summed E-state index contributed by atoms with van der Waals surface area (Å²) in [5.41, 5.74) is 1.69. The van der Waals surface area contributed by atoms with Gasteiger partial charge in [-0.2, -0.15) is 0 Å². The normalized spacial score (nSPS) is 20.1. The lowest BCUT2D eigenvalue weighted by atomic mass is 9.91. The van der Waals surface area contributed by atoms with E-state index < -0.39 is 10.0 Å². The number of hydrogen-bond acceptors (Lipinski definition) is 6. The van der Waals surface area contributed by atoms with E-state index in [1.807, 2.05) is 17.0 Å². The second-order valence-corrected chi connectivity index (χ2v) is 12.9. The number of hydrogen-bond donors (Lipinski definition) is 3. The molecule has 2 unspecified atom stereocenters. The Balaban J connectivity index is 0.00000462. The van der Waals surface area contributed by atoms with Gasteiger partial charge in [-0.1, -0.05) is 25.5 Å². The number of carbonyl (C=O) groups is 1. The Bertz CT molecular complexity index is 1190. The second-order valence-electron chi connectivity index (χ2n) is 11.2. The summed E-state index contributed by atoms with van der Waals surface area (Å²) in [7, 11) is -3.31. The molecule has 1 aliphatic carbocycles. The number of halogens is 1. The van der Waals surface area contributed by atoms with Crippen LogP contribution in [-0.2, 0) is 16.6 Å². The number of piperidine rings is 1. The predicted octanol–water partition coefficient (Wildman–Crippen LogP) is 5.35. The van der Waals surface area contributed by atoms with Gasteiger partial charge >= 0.3 is 6.03 Å². The Kier molecular flexibility index (Phi) is 12.6.